The maximum absolute atomic E-state index is 14.3. The number of carbonyl (C=O) groups excluding carboxylic acids is 3. The van der Waals surface area contributed by atoms with Gasteiger partial charge < -0.3 is 39.0 Å². The molecule has 0 aromatic heterocycles. The highest BCUT2D eigenvalue weighted by Gasteiger charge is 2.52. The molecule has 48 heavy (non-hydrogen) atoms. The third-order valence-electron chi connectivity index (χ3n) is 11.3. The molecule has 9 atom stereocenters. The van der Waals surface area contributed by atoms with Crippen molar-refractivity contribution in [3.05, 3.63) is 0 Å². The Hall–Kier alpha value is -1.71. The maximum atomic E-state index is 14.3. The number of likely N-dealkylation sites (N-methyl/N-ethyl adjacent to an activating group) is 3. The molecule has 0 aromatic rings. The van der Waals surface area contributed by atoms with E-state index in [1.165, 1.54) is 0 Å². The molecule has 0 radical (unpaired) electrons. The van der Waals surface area contributed by atoms with Gasteiger partial charge in [0.2, 0.25) is 5.91 Å². The van der Waals surface area contributed by atoms with Crippen molar-refractivity contribution in [1.29, 1.82) is 0 Å². The molecule has 3 rings (SSSR count). The molecule has 0 saturated carbocycles. The Morgan fingerprint density at radius 2 is 1.69 bits per heavy atom. The number of aliphatic hydroxyl groups excluding tert-OH is 2. The predicted molar refractivity (Wildman–Crippen MR) is 181 cm³/mol. The lowest BCUT2D eigenvalue weighted by Gasteiger charge is -2.49. The number of ketones is 1. The smallest absolute Gasteiger partial charge is 0.319 e. The van der Waals surface area contributed by atoms with E-state index in [2.05, 4.69) is 11.8 Å². The van der Waals surface area contributed by atoms with Crippen LogP contribution < -0.4 is 0 Å². The Bertz CT molecular complexity index is 1110. The first-order valence-electron chi connectivity index (χ1n) is 17.4. The number of cyclic esters (lactones) is 1. The maximum Gasteiger partial charge on any atom is 0.319 e. The Kier molecular flexibility index (Phi) is 13.7. The van der Waals surface area contributed by atoms with Crippen molar-refractivity contribution in [3.63, 3.8) is 0 Å². The number of hydrogen-bond donors (Lipinski definition) is 2. The third-order valence-corrected chi connectivity index (χ3v) is 11.3. The Balaban J connectivity index is 1.97. The van der Waals surface area contributed by atoms with Gasteiger partial charge in [0, 0.05) is 38.7 Å². The number of Topliss-reactive ketones (excluding diaryl/α,β-unsaturated/α-hetero) is 1. The van der Waals surface area contributed by atoms with Crippen LogP contribution in [-0.4, -0.2) is 170 Å². The molecule has 1 spiro atoms. The minimum atomic E-state index is -1.50. The van der Waals surface area contributed by atoms with Gasteiger partial charge in [-0.3, -0.25) is 24.2 Å². The largest absolute Gasteiger partial charge is 0.463 e. The first-order valence-corrected chi connectivity index (χ1v) is 17.4. The number of rotatable bonds is 7. The second-order valence-corrected chi connectivity index (χ2v) is 15.9. The topological polar surface area (TPSA) is 142 Å². The van der Waals surface area contributed by atoms with Crippen LogP contribution in [0.5, 0.6) is 0 Å². The minimum Gasteiger partial charge on any atom is -0.463 e. The molecule has 3 heterocycles. The monoisotopic (exact) mass is 684 g/mol. The summed E-state index contributed by atoms with van der Waals surface area (Å²) in [5.74, 6) is -1.87. The molecule has 0 unspecified atom stereocenters. The van der Waals surface area contributed by atoms with Crippen LogP contribution in [0, 0.1) is 17.3 Å². The molecule has 3 aliphatic heterocycles. The van der Waals surface area contributed by atoms with Crippen molar-refractivity contribution in [2.75, 3.05) is 75.2 Å². The molecule has 3 aliphatic rings. The van der Waals surface area contributed by atoms with Gasteiger partial charge in [0.15, 0.2) is 12.1 Å². The lowest BCUT2D eigenvalue weighted by atomic mass is 9.74. The van der Waals surface area contributed by atoms with Crippen LogP contribution in [0.1, 0.15) is 67.2 Å². The number of ether oxygens (including phenoxy) is 4. The fourth-order valence-electron chi connectivity index (χ4n) is 7.96. The zero-order chi connectivity index (χ0) is 36.4. The van der Waals surface area contributed by atoms with E-state index in [-0.39, 0.29) is 43.0 Å². The van der Waals surface area contributed by atoms with Gasteiger partial charge >= 0.3 is 5.97 Å². The van der Waals surface area contributed by atoms with Crippen molar-refractivity contribution >= 4 is 17.7 Å². The molecule has 0 aromatic carbocycles. The molecule has 3 saturated heterocycles. The van der Waals surface area contributed by atoms with Crippen molar-refractivity contribution < 1.29 is 43.5 Å². The summed E-state index contributed by atoms with van der Waals surface area (Å²) in [4.78, 5) is 49.0. The number of carbonyl (C=O) groups is 3. The van der Waals surface area contributed by atoms with E-state index >= 15 is 0 Å². The van der Waals surface area contributed by atoms with Gasteiger partial charge in [-0.2, -0.15) is 0 Å². The Morgan fingerprint density at radius 1 is 1.08 bits per heavy atom. The van der Waals surface area contributed by atoms with Crippen LogP contribution in [0.3, 0.4) is 0 Å². The third kappa shape index (κ3) is 8.59. The average molecular weight is 685 g/mol. The van der Waals surface area contributed by atoms with Crippen molar-refractivity contribution in [3.8, 4) is 0 Å². The second-order valence-electron chi connectivity index (χ2n) is 15.9. The fourth-order valence-corrected chi connectivity index (χ4v) is 7.96. The Morgan fingerprint density at radius 3 is 2.21 bits per heavy atom. The van der Waals surface area contributed by atoms with E-state index in [1.807, 2.05) is 39.9 Å². The second kappa shape index (κ2) is 16.1. The number of amides is 1. The van der Waals surface area contributed by atoms with E-state index in [9.17, 15) is 24.6 Å². The standard InChI is InChI=1S/C35H64N4O9/c1-22-18-34(6,45-12)29(48-31-27(41)25(36(7)8)17-23(2)47-31)24(3)28(42)33(4,5)32(44)46-21-35(38(11)19-22)13-15-39(16-14-35)30(43)26(20-40)37(9)10/h22-27,29,31,40-41H,13-21H2,1-12H3/t22-,23-,24+,25+,26-,27-,29-,31+,34-/m1/s1. The first kappa shape index (κ1) is 40.7. The summed E-state index contributed by atoms with van der Waals surface area (Å²) in [5, 5.41) is 21.2. The number of esters is 1. The molecule has 3 fully saturated rings. The fraction of sp³-hybridized carbons (Fsp3) is 0.914. The van der Waals surface area contributed by atoms with Gasteiger partial charge in [-0.25, -0.2) is 0 Å². The van der Waals surface area contributed by atoms with Crippen LogP contribution in [-0.2, 0) is 33.3 Å². The van der Waals surface area contributed by atoms with E-state index in [4.69, 9.17) is 18.9 Å². The number of hydrogen-bond acceptors (Lipinski definition) is 12. The van der Waals surface area contributed by atoms with Crippen molar-refractivity contribution in [2.24, 2.45) is 17.3 Å². The number of piperidine rings is 1. The predicted octanol–water partition coefficient (Wildman–Crippen LogP) is 1.23. The van der Waals surface area contributed by atoms with Crippen LogP contribution in [0.15, 0.2) is 0 Å². The summed E-state index contributed by atoms with van der Waals surface area (Å²) in [7, 11) is 11.0. The molecule has 13 nitrogen and oxygen atoms in total. The quantitative estimate of drug-likeness (QED) is 0.294. The summed E-state index contributed by atoms with van der Waals surface area (Å²) < 4.78 is 25.0. The van der Waals surface area contributed by atoms with E-state index < -0.39 is 53.0 Å². The highest BCUT2D eigenvalue weighted by molar-refractivity contribution is 6.04. The molecule has 0 aliphatic carbocycles. The number of likely N-dealkylation sites (tertiary alicyclic amines) is 1. The molecular formula is C35H64N4O9. The Labute approximate surface area is 288 Å². The normalized spacial score (nSPS) is 36.3. The van der Waals surface area contributed by atoms with Crippen LogP contribution in [0.4, 0.5) is 0 Å². The molecule has 1 amide bonds. The van der Waals surface area contributed by atoms with Gasteiger partial charge in [0.05, 0.1) is 30.0 Å². The minimum absolute atomic E-state index is 0.0486. The van der Waals surface area contributed by atoms with E-state index in [0.717, 1.165) is 0 Å². The van der Waals surface area contributed by atoms with Gasteiger partial charge in [0.25, 0.3) is 0 Å². The highest BCUT2D eigenvalue weighted by atomic mass is 16.7. The van der Waals surface area contributed by atoms with Gasteiger partial charge in [-0.05, 0) is 94.5 Å². The first-order chi connectivity index (χ1) is 22.2. The summed E-state index contributed by atoms with van der Waals surface area (Å²) in [6.45, 7) is 12.2. The number of nitrogens with zero attached hydrogens (tertiary/aromatic N) is 4. The summed E-state index contributed by atoms with van der Waals surface area (Å²) in [5.41, 5.74) is -3.06. The van der Waals surface area contributed by atoms with E-state index in [1.54, 1.807) is 51.8 Å². The zero-order valence-electron chi connectivity index (χ0n) is 31.5. The zero-order valence-corrected chi connectivity index (χ0v) is 31.5. The molecule has 2 N–H and O–H groups in total. The van der Waals surface area contributed by atoms with Crippen LogP contribution >= 0.6 is 0 Å². The van der Waals surface area contributed by atoms with Crippen molar-refractivity contribution in [1.82, 2.24) is 19.6 Å². The number of methoxy groups -OCH3 is 1. The van der Waals surface area contributed by atoms with Crippen molar-refractivity contribution in [2.45, 2.75) is 115 Å². The van der Waals surface area contributed by atoms with Gasteiger partial charge in [-0.1, -0.05) is 13.8 Å². The molecule has 13 heteroatoms. The van der Waals surface area contributed by atoms with Gasteiger partial charge in [0.1, 0.15) is 24.2 Å². The van der Waals surface area contributed by atoms with Crippen LogP contribution in [0.25, 0.3) is 0 Å². The molecular weight excluding hydrogens is 620 g/mol. The number of aliphatic hydroxyl groups is 2. The highest BCUT2D eigenvalue weighted by Crippen LogP contribution is 2.39. The SMILES string of the molecule is CO[C@]1(C)C[C@@H](C)CN(C)C2(CCN(C(=O)[C@@H](CO)N(C)C)CC2)COC(=O)C(C)(C)C(=O)[C@H](C)[C@H]1O[C@@H]1O[C@H](C)C[C@H](N(C)C)[C@H]1O. The average Bonchev–Trinajstić information content (AvgIpc) is 3.02. The summed E-state index contributed by atoms with van der Waals surface area (Å²) >= 11 is 0. The lowest BCUT2D eigenvalue weighted by molar-refractivity contribution is -0.295. The lowest BCUT2D eigenvalue weighted by Crippen LogP contribution is -2.60. The van der Waals surface area contributed by atoms with Crippen LogP contribution in [0.2, 0.25) is 0 Å². The summed E-state index contributed by atoms with van der Waals surface area (Å²) in [6, 6.07) is -0.829. The van der Waals surface area contributed by atoms with E-state index in [0.29, 0.717) is 45.3 Å². The molecule has 278 valence electrons. The summed E-state index contributed by atoms with van der Waals surface area (Å²) in [6.07, 6.45) is -0.757. The molecule has 0 bridgehead atoms. The van der Waals surface area contributed by atoms with Gasteiger partial charge in [-0.15, -0.1) is 0 Å².